The molecule has 0 aliphatic heterocycles. The number of rotatable bonds is 4. The van der Waals surface area contributed by atoms with Crippen molar-refractivity contribution in [3.05, 3.63) is 18.2 Å². The molecule has 0 bridgehead atoms. The first-order valence-corrected chi connectivity index (χ1v) is 5.77. The molecule has 80 valence electrons. The van der Waals surface area contributed by atoms with Gasteiger partial charge in [-0.1, -0.05) is 11.8 Å². The summed E-state index contributed by atoms with van der Waals surface area (Å²) in [6.45, 7) is 0.222. The minimum absolute atomic E-state index is 0.222. The van der Waals surface area contributed by atoms with Gasteiger partial charge in [0.25, 0.3) is 0 Å². The van der Waals surface area contributed by atoms with Gasteiger partial charge in [-0.25, -0.2) is 4.98 Å². The van der Waals surface area contributed by atoms with Crippen molar-refractivity contribution in [1.82, 2.24) is 9.97 Å². The molecule has 0 unspecified atom stereocenters. The maximum absolute atomic E-state index is 8.66. The molecule has 4 N–H and O–H groups in total. The van der Waals surface area contributed by atoms with Gasteiger partial charge in [-0.05, 0) is 24.6 Å². The fourth-order valence-electron chi connectivity index (χ4n) is 1.31. The van der Waals surface area contributed by atoms with E-state index < -0.39 is 0 Å². The fraction of sp³-hybridized carbons (Fsp3) is 0.300. The second-order valence-corrected chi connectivity index (χ2v) is 4.33. The van der Waals surface area contributed by atoms with E-state index in [1.807, 2.05) is 18.2 Å². The van der Waals surface area contributed by atoms with E-state index in [1.165, 1.54) is 0 Å². The monoisotopic (exact) mass is 223 g/mol. The largest absolute Gasteiger partial charge is 0.399 e. The zero-order valence-electron chi connectivity index (χ0n) is 8.23. The van der Waals surface area contributed by atoms with Gasteiger partial charge in [-0.2, -0.15) is 0 Å². The summed E-state index contributed by atoms with van der Waals surface area (Å²) in [6.07, 6.45) is 0.782. The number of aliphatic hydroxyl groups excluding tert-OH is 1. The second-order valence-electron chi connectivity index (χ2n) is 3.24. The van der Waals surface area contributed by atoms with Crippen LogP contribution in [0.2, 0.25) is 0 Å². The number of H-pyrrole nitrogens is 1. The number of anilines is 1. The van der Waals surface area contributed by atoms with Crippen LogP contribution in [-0.2, 0) is 0 Å². The normalized spacial score (nSPS) is 11.0. The van der Waals surface area contributed by atoms with Crippen LogP contribution in [0.4, 0.5) is 5.69 Å². The number of aromatic nitrogens is 2. The zero-order valence-corrected chi connectivity index (χ0v) is 9.05. The first-order chi connectivity index (χ1) is 7.29. The third kappa shape index (κ3) is 2.43. The van der Waals surface area contributed by atoms with Crippen molar-refractivity contribution < 1.29 is 5.11 Å². The molecule has 0 amide bonds. The molecule has 0 spiro atoms. The van der Waals surface area contributed by atoms with Gasteiger partial charge in [0.05, 0.1) is 11.0 Å². The van der Waals surface area contributed by atoms with Crippen molar-refractivity contribution in [1.29, 1.82) is 0 Å². The Hall–Kier alpha value is -1.20. The number of aliphatic hydroxyl groups is 1. The zero-order chi connectivity index (χ0) is 10.7. The van der Waals surface area contributed by atoms with Gasteiger partial charge >= 0.3 is 0 Å². The van der Waals surface area contributed by atoms with Crippen LogP contribution >= 0.6 is 11.8 Å². The van der Waals surface area contributed by atoms with Gasteiger partial charge < -0.3 is 15.8 Å². The first kappa shape index (κ1) is 10.3. The van der Waals surface area contributed by atoms with Crippen LogP contribution in [0, 0.1) is 0 Å². The molecule has 0 fully saturated rings. The molecule has 4 nitrogen and oxygen atoms in total. The molecule has 0 saturated carbocycles. The summed E-state index contributed by atoms with van der Waals surface area (Å²) in [6, 6.07) is 5.61. The highest BCUT2D eigenvalue weighted by Gasteiger charge is 2.02. The first-order valence-electron chi connectivity index (χ1n) is 4.78. The van der Waals surface area contributed by atoms with E-state index in [9.17, 15) is 0 Å². The molecule has 1 aromatic heterocycles. The van der Waals surface area contributed by atoms with Crippen molar-refractivity contribution in [2.45, 2.75) is 11.6 Å². The highest BCUT2D eigenvalue weighted by molar-refractivity contribution is 7.99. The molecule has 0 saturated heterocycles. The number of hydrogen-bond acceptors (Lipinski definition) is 4. The van der Waals surface area contributed by atoms with Crippen molar-refractivity contribution in [2.24, 2.45) is 0 Å². The van der Waals surface area contributed by atoms with Gasteiger partial charge in [0.15, 0.2) is 5.16 Å². The summed E-state index contributed by atoms with van der Waals surface area (Å²) in [4.78, 5) is 7.58. The number of imidazole rings is 1. The lowest BCUT2D eigenvalue weighted by atomic mass is 10.3. The summed E-state index contributed by atoms with van der Waals surface area (Å²) in [5, 5.41) is 9.54. The highest BCUT2D eigenvalue weighted by Crippen LogP contribution is 2.21. The van der Waals surface area contributed by atoms with E-state index in [4.69, 9.17) is 10.8 Å². The summed E-state index contributed by atoms with van der Waals surface area (Å²) in [7, 11) is 0. The summed E-state index contributed by atoms with van der Waals surface area (Å²) in [5.74, 6) is 0.867. The molecule has 0 aliphatic carbocycles. The van der Waals surface area contributed by atoms with Crippen molar-refractivity contribution in [2.75, 3.05) is 18.1 Å². The molecule has 2 aromatic rings. The third-order valence-corrected chi connectivity index (χ3v) is 2.99. The Balaban J connectivity index is 2.16. The molecule has 0 atom stereocenters. The van der Waals surface area contributed by atoms with Gasteiger partial charge in [-0.3, -0.25) is 0 Å². The van der Waals surface area contributed by atoms with E-state index in [-0.39, 0.29) is 6.61 Å². The Morgan fingerprint density at radius 2 is 2.33 bits per heavy atom. The molecule has 0 radical (unpaired) electrons. The second kappa shape index (κ2) is 4.55. The predicted molar refractivity (Wildman–Crippen MR) is 62.9 cm³/mol. The number of nitrogens with two attached hydrogens (primary N) is 1. The fourth-order valence-corrected chi connectivity index (χ4v) is 2.12. The lowest BCUT2D eigenvalue weighted by molar-refractivity contribution is 0.296. The Labute approximate surface area is 91.9 Å². The lowest BCUT2D eigenvalue weighted by Crippen LogP contribution is -1.86. The van der Waals surface area contributed by atoms with Crippen LogP contribution in [-0.4, -0.2) is 27.4 Å². The highest BCUT2D eigenvalue weighted by atomic mass is 32.2. The number of nitrogens with zero attached hydrogens (tertiary/aromatic N) is 1. The molecule has 1 aromatic carbocycles. The molecule has 15 heavy (non-hydrogen) atoms. The van der Waals surface area contributed by atoms with Gasteiger partial charge in [0, 0.05) is 18.0 Å². The average molecular weight is 223 g/mol. The molecule has 2 rings (SSSR count). The van der Waals surface area contributed by atoms with E-state index in [2.05, 4.69) is 9.97 Å². The van der Waals surface area contributed by atoms with Crippen LogP contribution in [0.5, 0.6) is 0 Å². The molecule has 5 heteroatoms. The van der Waals surface area contributed by atoms with Crippen LogP contribution < -0.4 is 5.73 Å². The van der Waals surface area contributed by atoms with Crippen molar-refractivity contribution in [3.63, 3.8) is 0 Å². The number of thioether (sulfide) groups is 1. The standard InChI is InChI=1S/C10H13N3OS/c11-7-2-3-8-9(6-7)13-10(12-8)15-5-1-4-14/h2-3,6,14H,1,4-5,11H2,(H,12,13). The molecular formula is C10H13N3OS. The van der Waals surface area contributed by atoms with E-state index in [1.54, 1.807) is 11.8 Å². The van der Waals surface area contributed by atoms with Crippen LogP contribution in [0.1, 0.15) is 6.42 Å². The Bertz CT molecular complexity index is 455. The van der Waals surface area contributed by atoms with E-state index in [0.717, 1.165) is 34.1 Å². The minimum Gasteiger partial charge on any atom is -0.399 e. The smallest absolute Gasteiger partial charge is 0.166 e. The Kier molecular flexibility index (Phi) is 3.13. The topological polar surface area (TPSA) is 74.9 Å². The number of benzene rings is 1. The molecule has 1 heterocycles. The van der Waals surface area contributed by atoms with Gasteiger partial charge in [-0.15, -0.1) is 0 Å². The van der Waals surface area contributed by atoms with Crippen LogP contribution in [0.15, 0.2) is 23.4 Å². The Morgan fingerprint density at radius 3 is 3.13 bits per heavy atom. The van der Waals surface area contributed by atoms with E-state index >= 15 is 0 Å². The maximum Gasteiger partial charge on any atom is 0.166 e. The average Bonchev–Trinajstić information content (AvgIpc) is 2.60. The quantitative estimate of drug-likeness (QED) is 0.418. The number of nitrogen functional groups attached to an aromatic ring is 1. The summed E-state index contributed by atoms with van der Waals surface area (Å²) >= 11 is 1.61. The van der Waals surface area contributed by atoms with Crippen LogP contribution in [0.25, 0.3) is 11.0 Å². The van der Waals surface area contributed by atoms with Crippen molar-refractivity contribution >= 4 is 28.5 Å². The number of aromatic amines is 1. The van der Waals surface area contributed by atoms with E-state index in [0.29, 0.717) is 0 Å². The summed E-state index contributed by atoms with van der Waals surface area (Å²) < 4.78 is 0. The molecular weight excluding hydrogens is 210 g/mol. The van der Waals surface area contributed by atoms with Crippen LogP contribution in [0.3, 0.4) is 0 Å². The Morgan fingerprint density at radius 1 is 1.47 bits per heavy atom. The SMILES string of the molecule is Nc1ccc2nc(SCCCO)[nH]c2c1. The third-order valence-electron chi connectivity index (χ3n) is 2.03. The predicted octanol–water partition coefficient (Wildman–Crippen LogP) is 1.62. The molecule has 0 aliphatic rings. The number of fused-ring (bicyclic) bond motifs is 1. The van der Waals surface area contributed by atoms with Gasteiger partial charge in [0.2, 0.25) is 0 Å². The van der Waals surface area contributed by atoms with Crippen molar-refractivity contribution in [3.8, 4) is 0 Å². The maximum atomic E-state index is 8.66. The lowest BCUT2D eigenvalue weighted by Gasteiger charge is -1.93. The number of hydrogen-bond donors (Lipinski definition) is 3. The summed E-state index contributed by atoms with van der Waals surface area (Å²) in [5.41, 5.74) is 8.29. The van der Waals surface area contributed by atoms with Gasteiger partial charge in [0.1, 0.15) is 0 Å². The number of nitrogens with one attached hydrogen (secondary N) is 1. The minimum atomic E-state index is 0.222.